The van der Waals surface area contributed by atoms with E-state index in [0.29, 0.717) is 0 Å². The number of unbranched alkanes of at least 4 members (excludes halogenated alkanes) is 3. The van der Waals surface area contributed by atoms with Crippen molar-refractivity contribution in [1.29, 1.82) is 0 Å². The minimum atomic E-state index is 0.738. The molecule has 0 aliphatic carbocycles. The molecule has 0 aromatic heterocycles. The molecule has 15 heavy (non-hydrogen) atoms. The number of nitrogens with one attached hydrogen (secondary N) is 2. The van der Waals surface area contributed by atoms with Crippen molar-refractivity contribution in [2.45, 2.75) is 45.4 Å². The molecule has 2 nitrogen and oxygen atoms in total. The van der Waals surface area contributed by atoms with Crippen molar-refractivity contribution in [1.82, 2.24) is 10.6 Å². The van der Waals surface area contributed by atoms with Gasteiger partial charge in [-0.2, -0.15) is 0 Å². The molecular weight excluding hydrogens is 224 g/mol. The van der Waals surface area contributed by atoms with E-state index in [-0.39, 0.29) is 0 Å². The minimum Gasteiger partial charge on any atom is -0.366 e. The number of hydrogen-bond acceptors (Lipinski definition) is 2. The standard InChI is InChI=1S/C11H22N2S2/c1-3-10(14)8-6-4-5-7-9-13-11(15)12-2/h3-9H2,1-2H3,(H2,12,13,15). The van der Waals surface area contributed by atoms with E-state index in [9.17, 15) is 0 Å². The summed E-state index contributed by atoms with van der Waals surface area (Å²) < 4.78 is 0. The van der Waals surface area contributed by atoms with Crippen LogP contribution in [0.1, 0.15) is 45.4 Å². The van der Waals surface area contributed by atoms with Gasteiger partial charge in [0.15, 0.2) is 5.11 Å². The monoisotopic (exact) mass is 246 g/mol. The molecule has 0 bridgehead atoms. The van der Waals surface area contributed by atoms with Crippen LogP contribution in [-0.2, 0) is 0 Å². The average molecular weight is 246 g/mol. The summed E-state index contributed by atoms with van der Waals surface area (Å²) in [6, 6.07) is 0. The van der Waals surface area contributed by atoms with Gasteiger partial charge in [0.25, 0.3) is 0 Å². The highest BCUT2D eigenvalue weighted by Gasteiger charge is 1.95. The SMILES string of the molecule is CCC(=S)CCCCCCNC(=S)NC. The van der Waals surface area contributed by atoms with E-state index < -0.39 is 0 Å². The topological polar surface area (TPSA) is 24.1 Å². The Morgan fingerprint density at radius 1 is 1.07 bits per heavy atom. The molecule has 0 spiro atoms. The van der Waals surface area contributed by atoms with Crippen LogP contribution in [0, 0.1) is 0 Å². The van der Waals surface area contributed by atoms with Crippen LogP contribution in [-0.4, -0.2) is 23.6 Å². The number of rotatable bonds is 8. The second-order valence-electron chi connectivity index (χ2n) is 3.56. The Morgan fingerprint density at radius 3 is 2.33 bits per heavy atom. The van der Waals surface area contributed by atoms with Crippen molar-refractivity contribution in [2.75, 3.05) is 13.6 Å². The van der Waals surface area contributed by atoms with E-state index in [1.54, 1.807) is 0 Å². The largest absolute Gasteiger partial charge is 0.366 e. The molecule has 0 saturated carbocycles. The maximum atomic E-state index is 5.17. The fraction of sp³-hybridized carbons (Fsp3) is 0.818. The summed E-state index contributed by atoms with van der Waals surface area (Å²) in [4.78, 5) is 1.21. The molecule has 0 saturated heterocycles. The van der Waals surface area contributed by atoms with Crippen LogP contribution >= 0.6 is 24.4 Å². The first-order valence-corrected chi connectivity index (χ1v) is 6.49. The third kappa shape index (κ3) is 10.1. The van der Waals surface area contributed by atoms with Gasteiger partial charge in [0, 0.05) is 13.6 Å². The first-order chi connectivity index (χ1) is 7.20. The zero-order chi connectivity index (χ0) is 11.5. The van der Waals surface area contributed by atoms with E-state index in [2.05, 4.69) is 17.6 Å². The van der Waals surface area contributed by atoms with E-state index in [1.807, 2.05) is 7.05 Å². The lowest BCUT2D eigenvalue weighted by Gasteiger charge is -2.06. The molecule has 0 aromatic rings. The third-order valence-corrected chi connectivity index (χ3v) is 3.13. The first kappa shape index (κ1) is 14.8. The summed E-state index contributed by atoms with van der Waals surface area (Å²) in [5, 5.41) is 6.77. The maximum absolute atomic E-state index is 5.17. The highest BCUT2D eigenvalue weighted by molar-refractivity contribution is 7.80. The lowest BCUT2D eigenvalue weighted by molar-refractivity contribution is 0.640. The quantitative estimate of drug-likeness (QED) is 0.508. The second kappa shape index (κ2) is 10.3. The molecule has 0 aliphatic rings. The zero-order valence-electron chi connectivity index (χ0n) is 9.77. The highest BCUT2D eigenvalue weighted by Crippen LogP contribution is 2.05. The van der Waals surface area contributed by atoms with Crippen LogP contribution in [0.25, 0.3) is 0 Å². The third-order valence-electron chi connectivity index (χ3n) is 2.29. The Balaban J connectivity index is 3.11. The lowest BCUT2D eigenvalue weighted by Crippen LogP contribution is -2.32. The molecule has 0 atom stereocenters. The van der Waals surface area contributed by atoms with E-state index in [1.165, 1.54) is 30.5 Å². The molecule has 0 unspecified atom stereocenters. The maximum Gasteiger partial charge on any atom is 0.166 e. The number of thiocarbonyl (C=S) groups is 2. The Bertz CT molecular complexity index is 173. The van der Waals surface area contributed by atoms with Gasteiger partial charge < -0.3 is 10.6 Å². The summed E-state index contributed by atoms with van der Waals surface area (Å²) in [5.74, 6) is 0. The van der Waals surface area contributed by atoms with Crippen molar-refractivity contribution >= 4 is 34.4 Å². The molecule has 0 radical (unpaired) electrons. The molecule has 0 rings (SSSR count). The molecule has 2 N–H and O–H groups in total. The molecule has 0 aliphatic heterocycles. The molecule has 0 amide bonds. The van der Waals surface area contributed by atoms with Gasteiger partial charge in [0.1, 0.15) is 0 Å². The van der Waals surface area contributed by atoms with Crippen molar-refractivity contribution in [3.05, 3.63) is 0 Å². The minimum absolute atomic E-state index is 0.738. The lowest BCUT2D eigenvalue weighted by atomic mass is 10.1. The molecule has 88 valence electrons. The predicted molar refractivity (Wildman–Crippen MR) is 75.6 cm³/mol. The van der Waals surface area contributed by atoms with Gasteiger partial charge in [0.2, 0.25) is 0 Å². The fourth-order valence-electron chi connectivity index (χ4n) is 1.27. The fourth-order valence-corrected chi connectivity index (χ4v) is 1.51. The van der Waals surface area contributed by atoms with Crippen LogP contribution in [0.2, 0.25) is 0 Å². The normalized spacial score (nSPS) is 9.73. The van der Waals surface area contributed by atoms with Gasteiger partial charge in [-0.1, -0.05) is 32.0 Å². The van der Waals surface area contributed by atoms with Crippen LogP contribution in [0.5, 0.6) is 0 Å². The van der Waals surface area contributed by atoms with Crippen LogP contribution in [0.15, 0.2) is 0 Å². The van der Waals surface area contributed by atoms with Crippen LogP contribution < -0.4 is 10.6 Å². The Kier molecular flexibility index (Phi) is 10.2. The average Bonchev–Trinajstić information content (AvgIpc) is 2.26. The van der Waals surface area contributed by atoms with E-state index in [4.69, 9.17) is 24.4 Å². The Hall–Kier alpha value is -0.220. The van der Waals surface area contributed by atoms with Gasteiger partial charge in [-0.25, -0.2) is 0 Å². The van der Waals surface area contributed by atoms with Crippen molar-refractivity contribution in [3.8, 4) is 0 Å². The van der Waals surface area contributed by atoms with Gasteiger partial charge in [-0.15, -0.1) is 0 Å². The summed E-state index contributed by atoms with van der Waals surface area (Å²) >= 11 is 10.1. The molecular formula is C11H22N2S2. The van der Waals surface area contributed by atoms with Crippen LogP contribution in [0.3, 0.4) is 0 Å². The van der Waals surface area contributed by atoms with E-state index >= 15 is 0 Å². The Labute approximate surface area is 104 Å². The predicted octanol–water partition coefficient (Wildman–Crippen LogP) is 2.81. The number of hydrogen-bond donors (Lipinski definition) is 2. The summed E-state index contributed by atoms with van der Waals surface area (Å²) in [7, 11) is 1.83. The first-order valence-electron chi connectivity index (χ1n) is 5.68. The zero-order valence-corrected chi connectivity index (χ0v) is 11.4. The van der Waals surface area contributed by atoms with Crippen LogP contribution in [0.4, 0.5) is 0 Å². The van der Waals surface area contributed by atoms with Gasteiger partial charge >= 0.3 is 0 Å². The molecule has 0 heterocycles. The van der Waals surface area contributed by atoms with Gasteiger partial charge in [-0.3, -0.25) is 0 Å². The van der Waals surface area contributed by atoms with Crippen molar-refractivity contribution in [2.24, 2.45) is 0 Å². The summed E-state index contributed by atoms with van der Waals surface area (Å²) in [5.41, 5.74) is 0. The highest BCUT2D eigenvalue weighted by atomic mass is 32.1. The molecule has 0 fully saturated rings. The van der Waals surface area contributed by atoms with Crippen molar-refractivity contribution in [3.63, 3.8) is 0 Å². The van der Waals surface area contributed by atoms with Crippen molar-refractivity contribution < 1.29 is 0 Å². The summed E-state index contributed by atoms with van der Waals surface area (Å²) in [6.45, 7) is 3.10. The summed E-state index contributed by atoms with van der Waals surface area (Å²) in [6.07, 6.45) is 7.12. The Morgan fingerprint density at radius 2 is 1.73 bits per heavy atom. The molecule has 4 heteroatoms. The smallest absolute Gasteiger partial charge is 0.166 e. The molecule has 0 aromatic carbocycles. The second-order valence-corrected chi connectivity index (χ2v) is 4.55. The van der Waals surface area contributed by atoms with E-state index in [0.717, 1.165) is 24.5 Å². The van der Waals surface area contributed by atoms with Gasteiger partial charge in [-0.05, 0) is 42.8 Å². The van der Waals surface area contributed by atoms with Gasteiger partial charge in [0.05, 0.1) is 0 Å².